The summed E-state index contributed by atoms with van der Waals surface area (Å²) in [5, 5.41) is 7.24. The number of amides is 1. The molecule has 0 spiro atoms. The van der Waals surface area contributed by atoms with E-state index >= 15 is 0 Å². The van der Waals surface area contributed by atoms with E-state index in [9.17, 15) is 31.1 Å². The number of benzene rings is 2. The van der Waals surface area contributed by atoms with Crippen molar-refractivity contribution in [3.05, 3.63) is 58.6 Å². The van der Waals surface area contributed by atoms with Crippen LogP contribution in [0.5, 0.6) is 0 Å². The van der Waals surface area contributed by atoms with E-state index in [1.165, 1.54) is 29.2 Å². The van der Waals surface area contributed by atoms with Gasteiger partial charge in [-0.1, -0.05) is 48.0 Å². The maximum absolute atomic E-state index is 13.6. The Morgan fingerprint density at radius 3 is 2.27 bits per heavy atom. The van der Waals surface area contributed by atoms with E-state index in [1.807, 2.05) is 6.92 Å². The number of aliphatic imine (C=N–C) groups is 1. The molecular weight excluding hydrogens is 568 g/mol. The highest BCUT2D eigenvalue weighted by Gasteiger charge is 2.43. The van der Waals surface area contributed by atoms with Crippen molar-refractivity contribution < 1.29 is 45.8 Å². The molecule has 7 nitrogen and oxygen atoms in total. The monoisotopic (exact) mass is 593 g/mol. The molecule has 4 rings (SSSR count). The number of rotatable bonds is 3. The molecule has 0 aliphatic carbocycles. The third-order valence-corrected chi connectivity index (χ3v) is 6.95. The van der Waals surface area contributed by atoms with Crippen molar-refractivity contribution in [3.8, 4) is 11.1 Å². The Morgan fingerprint density at radius 2 is 1.73 bits per heavy atom. The highest BCUT2D eigenvalue weighted by Crippen LogP contribution is 2.44. The Bertz CT molecular complexity index is 1300. The zero-order valence-corrected chi connectivity index (χ0v) is 22.1. The van der Waals surface area contributed by atoms with Crippen molar-refractivity contribution in [2.45, 2.75) is 63.1 Å². The average molecular weight is 594 g/mol. The molecule has 14 heteroatoms. The second-order valence-corrected chi connectivity index (χ2v) is 9.94. The Hall–Kier alpha value is -3.32. The van der Waals surface area contributed by atoms with Gasteiger partial charge in [0.2, 0.25) is 5.91 Å². The van der Waals surface area contributed by atoms with Crippen molar-refractivity contribution in [2.75, 3.05) is 6.61 Å². The molecule has 218 valence electrons. The van der Waals surface area contributed by atoms with Crippen LogP contribution in [-0.4, -0.2) is 52.8 Å². The highest BCUT2D eigenvalue weighted by molar-refractivity contribution is 6.34. The van der Waals surface area contributed by atoms with Crippen molar-refractivity contribution in [2.24, 2.45) is 10.7 Å². The van der Waals surface area contributed by atoms with Gasteiger partial charge >= 0.3 is 18.3 Å². The summed E-state index contributed by atoms with van der Waals surface area (Å²) in [5.41, 5.74) is 5.03. The van der Waals surface area contributed by atoms with E-state index in [1.54, 1.807) is 19.1 Å². The van der Waals surface area contributed by atoms with Crippen molar-refractivity contribution in [1.29, 1.82) is 0 Å². The molecule has 40 heavy (non-hydrogen) atoms. The van der Waals surface area contributed by atoms with Gasteiger partial charge in [0, 0.05) is 18.2 Å². The first-order chi connectivity index (χ1) is 18.5. The number of alkyl halides is 6. The van der Waals surface area contributed by atoms with Gasteiger partial charge in [0.15, 0.2) is 5.96 Å². The lowest BCUT2D eigenvalue weighted by molar-refractivity contribution is -0.192. The van der Waals surface area contributed by atoms with Gasteiger partial charge in [-0.15, -0.1) is 0 Å². The van der Waals surface area contributed by atoms with Crippen LogP contribution in [0, 0.1) is 0 Å². The van der Waals surface area contributed by atoms with Crippen LogP contribution in [0.4, 0.5) is 26.3 Å². The van der Waals surface area contributed by atoms with Crippen LogP contribution in [0.25, 0.3) is 11.1 Å². The summed E-state index contributed by atoms with van der Waals surface area (Å²) in [6.45, 7) is 4.21. The molecule has 1 fully saturated rings. The number of halogens is 7. The number of carbonyl (C=O) groups excluding carboxylic acids is 1. The minimum absolute atomic E-state index is 0.00350. The number of carbonyl (C=O) groups is 2. The molecular formula is C26H26ClF6N3O4. The first-order valence-electron chi connectivity index (χ1n) is 12.0. The number of nitrogens with zero attached hydrogens (tertiary/aromatic N) is 2. The number of hydrogen-bond acceptors (Lipinski definition) is 5. The average Bonchev–Trinajstić information content (AvgIpc) is 2.83. The van der Waals surface area contributed by atoms with Crippen LogP contribution in [0.15, 0.2) is 47.5 Å². The Labute approximate surface area is 230 Å². The molecule has 2 aromatic carbocycles. The summed E-state index contributed by atoms with van der Waals surface area (Å²) in [5.74, 6) is -2.86. The Morgan fingerprint density at radius 1 is 1.12 bits per heavy atom. The molecule has 0 aromatic heterocycles. The molecule has 0 unspecified atom stereocenters. The molecule has 0 bridgehead atoms. The second kappa shape index (κ2) is 11.7. The topological polar surface area (TPSA) is 105 Å². The molecule has 2 aliphatic rings. The number of ether oxygens (including phenoxy) is 1. The minimum Gasteiger partial charge on any atom is -0.475 e. The van der Waals surface area contributed by atoms with Crippen molar-refractivity contribution in [3.63, 3.8) is 0 Å². The van der Waals surface area contributed by atoms with Gasteiger partial charge in [0.1, 0.15) is 0 Å². The quantitative estimate of drug-likeness (QED) is 0.426. The molecule has 0 radical (unpaired) electrons. The molecule has 1 saturated heterocycles. The van der Waals surface area contributed by atoms with Crippen LogP contribution < -0.4 is 5.73 Å². The van der Waals surface area contributed by atoms with E-state index in [-0.39, 0.29) is 46.6 Å². The van der Waals surface area contributed by atoms with Gasteiger partial charge < -0.3 is 15.6 Å². The first kappa shape index (κ1) is 31.2. The maximum atomic E-state index is 13.6. The largest absolute Gasteiger partial charge is 0.490 e. The molecule has 2 aliphatic heterocycles. The summed E-state index contributed by atoms with van der Waals surface area (Å²) in [4.78, 5) is 28.2. The summed E-state index contributed by atoms with van der Waals surface area (Å²) < 4.78 is 78.1. The van der Waals surface area contributed by atoms with Gasteiger partial charge in [-0.05, 0) is 43.9 Å². The lowest BCUT2D eigenvalue weighted by Crippen LogP contribution is -2.56. The number of carboxylic acid groups (broad SMARTS) is 1. The van der Waals surface area contributed by atoms with E-state index in [0.717, 1.165) is 6.07 Å². The van der Waals surface area contributed by atoms with Gasteiger partial charge in [0.25, 0.3) is 0 Å². The fourth-order valence-corrected chi connectivity index (χ4v) is 5.16. The highest BCUT2D eigenvalue weighted by atomic mass is 35.5. The molecule has 2 aromatic rings. The molecule has 1 amide bonds. The van der Waals surface area contributed by atoms with Gasteiger partial charge in [0.05, 0.1) is 28.6 Å². The Balaban J connectivity index is 0.000000559. The van der Waals surface area contributed by atoms with E-state index in [2.05, 4.69) is 4.99 Å². The smallest absolute Gasteiger partial charge is 0.475 e. The van der Waals surface area contributed by atoms with Gasteiger partial charge in [-0.25, -0.2) is 9.79 Å². The third-order valence-electron chi connectivity index (χ3n) is 6.54. The van der Waals surface area contributed by atoms with Crippen LogP contribution in [0.1, 0.15) is 44.2 Å². The molecule has 3 atom stereocenters. The van der Waals surface area contributed by atoms with Crippen molar-refractivity contribution in [1.82, 2.24) is 4.90 Å². The number of hydrogen-bond donors (Lipinski definition) is 2. The van der Waals surface area contributed by atoms with Gasteiger partial charge in [-0.3, -0.25) is 9.69 Å². The standard InChI is InChI=1S/C24H25ClF3N3O2.C2HF3O2/c1-14-12-15(10-11-33-14)31-20(32)13-23(2,30-22(31)29)19-9-5-7-17(21(19)25)16-6-3-4-8-18(16)24(26,27)28;3-2(4,5)1(6)7/h3-9,14-15H,10-13H2,1-2H3,(H2,29,30);(H,6,7)/t14-,15-,23-;/m0./s1. The van der Waals surface area contributed by atoms with Crippen LogP contribution in [0.2, 0.25) is 5.02 Å². The number of guanidine groups is 1. The lowest BCUT2D eigenvalue weighted by atomic mass is 9.84. The molecule has 3 N–H and O–H groups in total. The number of carboxylic acids is 1. The normalized spacial score (nSPS) is 23.7. The third kappa shape index (κ3) is 6.87. The SMILES string of the molecule is C[C@H]1C[C@@H](N2C(=O)C[C@@](C)(c3cccc(-c4ccccc4C(F)(F)F)c3Cl)N=C2N)CCO1.O=C(O)C(F)(F)F. The van der Waals surface area contributed by atoms with Crippen molar-refractivity contribution >= 4 is 29.4 Å². The fraction of sp³-hybridized carbons (Fsp3) is 0.423. The number of aliphatic carboxylic acids is 1. The van der Waals surface area contributed by atoms with Crippen LogP contribution >= 0.6 is 11.6 Å². The zero-order chi connectivity index (χ0) is 30.0. The molecule has 0 saturated carbocycles. The maximum Gasteiger partial charge on any atom is 0.490 e. The second-order valence-electron chi connectivity index (χ2n) is 9.56. The zero-order valence-electron chi connectivity index (χ0n) is 21.3. The lowest BCUT2D eigenvalue weighted by Gasteiger charge is -2.41. The fourth-order valence-electron chi connectivity index (χ4n) is 4.73. The minimum atomic E-state index is -5.08. The first-order valence-corrected chi connectivity index (χ1v) is 12.4. The van der Waals surface area contributed by atoms with E-state index < -0.39 is 29.4 Å². The number of nitrogens with two attached hydrogens (primary N) is 1. The Kier molecular flexibility index (Phi) is 9.09. The van der Waals surface area contributed by atoms with Crippen LogP contribution in [-0.2, 0) is 26.0 Å². The molecule has 2 heterocycles. The van der Waals surface area contributed by atoms with Gasteiger partial charge in [-0.2, -0.15) is 26.3 Å². The van der Waals surface area contributed by atoms with Crippen LogP contribution in [0.3, 0.4) is 0 Å². The predicted octanol–water partition coefficient (Wildman–Crippen LogP) is 5.99. The van der Waals surface area contributed by atoms with E-state index in [4.69, 9.17) is 32.0 Å². The summed E-state index contributed by atoms with van der Waals surface area (Å²) >= 11 is 6.67. The van der Waals surface area contributed by atoms with E-state index in [0.29, 0.717) is 25.0 Å². The summed E-state index contributed by atoms with van der Waals surface area (Å²) in [6, 6.07) is 10.0. The predicted molar refractivity (Wildman–Crippen MR) is 134 cm³/mol. The summed E-state index contributed by atoms with van der Waals surface area (Å²) in [6.07, 6.45) is -8.29. The summed E-state index contributed by atoms with van der Waals surface area (Å²) in [7, 11) is 0.